The normalized spacial score (nSPS) is 42.6. The van der Waals surface area contributed by atoms with Crippen LogP contribution in [-0.4, -0.2) is 64.2 Å². The second-order valence-electron chi connectivity index (χ2n) is 10.4. The molecule has 4 aliphatic heterocycles. The molecule has 5 rings (SSSR count). The van der Waals surface area contributed by atoms with Gasteiger partial charge >= 0.3 is 11.9 Å². The van der Waals surface area contributed by atoms with Crippen LogP contribution in [0.5, 0.6) is 0 Å². The monoisotopic (exact) mass is 485 g/mol. The molecule has 1 spiro atoms. The van der Waals surface area contributed by atoms with Crippen molar-refractivity contribution in [2.24, 2.45) is 23.7 Å². The maximum absolute atomic E-state index is 12.5. The standard InChI is InChI=1S/C23H35NO10/c1-11-5-6-15-12(2)20(30-17(27)8-7-16(26)24-18(13(3)25)19(28)29)31-21-23(15)14(11)9-10-22(4,32-21)33-34-23/h11-15,18,20-21,25H,5-10H2,1-4H3,(H,24,26)(H,28,29)/t11-,12-,13-,14+,15+,18+,20-,21-,22-,23-/m1/s1. The topological polar surface area (TPSA) is 150 Å². The summed E-state index contributed by atoms with van der Waals surface area (Å²) in [6, 6.07) is -1.45. The van der Waals surface area contributed by atoms with Crippen molar-refractivity contribution in [1.29, 1.82) is 0 Å². The van der Waals surface area contributed by atoms with Crippen molar-refractivity contribution < 1.29 is 48.6 Å². The smallest absolute Gasteiger partial charge is 0.328 e. The van der Waals surface area contributed by atoms with E-state index in [1.165, 1.54) is 6.92 Å². The fourth-order valence-corrected chi connectivity index (χ4v) is 6.05. The van der Waals surface area contributed by atoms with Crippen LogP contribution in [0.3, 0.4) is 0 Å². The van der Waals surface area contributed by atoms with Gasteiger partial charge in [-0.3, -0.25) is 9.59 Å². The Hall–Kier alpha value is -1.79. The average molecular weight is 486 g/mol. The van der Waals surface area contributed by atoms with E-state index in [-0.39, 0.29) is 30.6 Å². The number of aliphatic hydroxyl groups excluding tert-OH is 1. The van der Waals surface area contributed by atoms with Gasteiger partial charge in [0.2, 0.25) is 18.0 Å². The van der Waals surface area contributed by atoms with Crippen LogP contribution >= 0.6 is 0 Å². The largest absolute Gasteiger partial charge is 0.480 e. The maximum atomic E-state index is 12.5. The molecule has 0 radical (unpaired) electrons. The number of carboxylic acid groups (broad SMARTS) is 1. The lowest BCUT2D eigenvalue weighted by Crippen LogP contribution is -2.70. The van der Waals surface area contributed by atoms with Crippen LogP contribution < -0.4 is 5.32 Å². The minimum atomic E-state index is -1.45. The summed E-state index contributed by atoms with van der Waals surface area (Å²) in [6.07, 6.45) is 0.00572. The molecule has 5 fully saturated rings. The van der Waals surface area contributed by atoms with Gasteiger partial charge in [-0.15, -0.1) is 0 Å². The van der Waals surface area contributed by atoms with Crippen molar-refractivity contribution >= 4 is 17.8 Å². The Morgan fingerprint density at radius 2 is 1.85 bits per heavy atom. The second kappa shape index (κ2) is 9.34. The van der Waals surface area contributed by atoms with Gasteiger partial charge in [0.15, 0.2) is 17.9 Å². The number of carbonyl (C=O) groups excluding carboxylic acids is 2. The van der Waals surface area contributed by atoms with Crippen LogP contribution in [0.25, 0.3) is 0 Å². The van der Waals surface area contributed by atoms with E-state index in [0.717, 1.165) is 19.3 Å². The molecule has 0 unspecified atom stereocenters. The first kappa shape index (κ1) is 25.3. The molecule has 1 amide bonds. The van der Waals surface area contributed by atoms with Crippen LogP contribution in [0.15, 0.2) is 0 Å². The second-order valence-corrected chi connectivity index (χ2v) is 10.4. The van der Waals surface area contributed by atoms with Crippen LogP contribution in [-0.2, 0) is 38.4 Å². The Morgan fingerprint density at radius 3 is 2.53 bits per heavy atom. The van der Waals surface area contributed by atoms with Gasteiger partial charge in [0.25, 0.3) is 0 Å². The highest BCUT2D eigenvalue weighted by molar-refractivity contribution is 5.86. The van der Waals surface area contributed by atoms with Gasteiger partial charge in [0.05, 0.1) is 12.5 Å². The van der Waals surface area contributed by atoms with Crippen LogP contribution in [0.2, 0.25) is 0 Å². The van der Waals surface area contributed by atoms with E-state index in [2.05, 4.69) is 12.2 Å². The minimum Gasteiger partial charge on any atom is -0.480 e. The zero-order valence-corrected chi connectivity index (χ0v) is 20.0. The highest BCUT2D eigenvalue weighted by Crippen LogP contribution is 2.60. The third-order valence-corrected chi connectivity index (χ3v) is 7.97. The van der Waals surface area contributed by atoms with Crippen molar-refractivity contribution in [3.8, 4) is 0 Å². The van der Waals surface area contributed by atoms with E-state index >= 15 is 0 Å². The molecular formula is C23H35NO10. The van der Waals surface area contributed by atoms with Gasteiger partial charge in [-0.25, -0.2) is 14.6 Å². The Labute approximate surface area is 198 Å². The molecule has 4 heterocycles. The number of aliphatic carboxylic acids is 1. The number of hydrogen-bond acceptors (Lipinski definition) is 9. The highest BCUT2D eigenvalue weighted by atomic mass is 17.3. The summed E-state index contributed by atoms with van der Waals surface area (Å²) >= 11 is 0. The number of nitrogens with one attached hydrogen (secondary N) is 1. The van der Waals surface area contributed by atoms with Crippen molar-refractivity contribution in [2.45, 2.75) is 102 Å². The minimum absolute atomic E-state index is 0.00133. The zero-order valence-electron chi connectivity index (χ0n) is 20.0. The molecule has 0 aromatic rings. The highest BCUT2D eigenvalue weighted by Gasteiger charge is 2.69. The SMILES string of the molecule is C[C@H]1[C@H](OC(=O)CCC(=O)N[C@H](C(=O)O)[C@@H](C)O)O[C@@H]2O[C@@]3(C)CC[C@H]4[C@H](C)CC[C@@H]1[C@@]24OO3. The van der Waals surface area contributed by atoms with E-state index < -0.39 is 54.0 Å². The summed E-state index contributed by atoms with van der Waals surface area (Å²) in [5.41, 5.74) is -0.761. The Morgan fingerprint density at radius 1 is 1.12 bits per heavy atom. The molecular weight excluding hydrogens is 450 g/mol. The number of ether oxygens (including phenoxy) is 3. The summed E-state index contributed by atoms with van der Waals surface area (Å²) < 4.78 is 18.0. The lowest BCUT2D eigenvalue weighted by Gasteiger charge is -2.59. The molecule has 3 N–H and O–H groups in total. The number of carboxylic acids is 1. The Kier molecular flexibility index (Phi) is 6.96. The van der Waals surface area contributed by atoms with Gasteiger partial charge in [0.1, 0.15) is 0 Å². The molecule has 11 nitrogen and oxygen atoms in total. The fourth-order valence-electron chi connectivity index (χ4n) is 6.05. The van der Waals surface area contributed by atoms with Crippen molar-refractivity contribution in [1.82, 2.24) is 5.32 Å². The van der Waals surface area contributed by atoms with E-state index in [1.807, 2.05) is 13.8 Å². The van der Waals surface area contributed by atoms with Gasteiger partial charge in [-0.1, -0.05) is 13.8 Å². The molecule has 5 aliphatic rings. The predicted molar refractivity (Wildman–Crippen MR) is 113 cm³/mol. The van der Waals surface area contributed by atoms with E-state index in [0.29, 0.717) is 12.3 Å². The first-order valence-electron chi connectivity index (χ1n) is 12.1. The molecule has 4 saturated heterocycles. The summed E-state index contributed by atoms with van der Waals surface area (Å²) in [5, 5.41) is 20.8. The van der Waals surface area contributed by atoms with Crippen LogP contribution in [0.4, 0.5) is 0 Å². The summed E-state index contributed by atoms with van der Waals surface area (Å²) in [7, 11) is 0. The quantitative estimate of drug-likeness (QED) is 0.357. The number of aliphatic hydroxyl groups is 1. The van der Waals surface area contributed by atoms with Gasteiger partial charge < -0.3 is 29.7 Å². The van der Waals surface area contributed by atoms with Gasteiger partial charge in [-0.05, 0) is 44.9 Å². The summed E-state index contributed by atoms with van der Waals surface area (Å²) in [4.78, 5) is 47.6. The van der Waals surface area contributed by atoms with E-state index in [4.69, 9.17) is 29.1 Å². The third-order valence-electron chi connectivity index (χ3n) is 7.97. The van der Waals surface area contributed by atoms with Crippen LogP contribution in [0, 0.1) is 23.7 Å². The van der Waals surface area contributed by atoms with Gasteiger partial charge in [-0.2, -0.15) is 0 Å². The fraction of sp³-hybridized carbons (Fsp3) is 0.870. The molecule has 1 saturated carbocycles. The molecule has 0 aromatic carbocycles. The van der Waals surface area contributed by atoms with E-state index in [1.54, 1.807) is 0 Å². The molecule has 192 valence electrons. The molecule has 2 bridgehead atoms. The summed E-state index contributed by atoms with van der Waals surface area (Å²) in [5.74, 6) is -3.19. The summed E-state index contributed by atoms with van der Waals surface area (Å²) in [6.45, 7) is 7.24. The lowest BCUT2D eigenvalue weighted by atomic mass is 9.58. The first-order chi connectivity index (χ1) is 16.0. The number of rotatable bonds is 7. The lowest BCUT2D eigenvalue weighted by molar-refractivity contribution is -0.576. The number of amides is 1. The zero-order chi connectivity index (χ0) is 24.8. The first-order valence-corrected chi connectivity index (χ1v) is 12.1. The van der Waals surface area contributed by atoms with Crippen LogP contribution in [0.1, 0.15) is 66.2 Å². The maximum Gasteiger partial charge on any atom is 0.328 e. The molecule has 1 aliphatic carbocycles. The Balaban J connectivity index is 1.40. The molecule has 11 heteroatoms. The number of esters is 1. The van der Waals surface area contributed by atoms with E-state index in [9.17, 15) is 19.5 Å². The third kappa shape index (κ3) is 4.44. The van der Waals surface area contributed by atoms with Gasteiger partial charge in [0, 0.05) is 24.7 Å². The molecule has 34 heavy (non-hydrogen) atoms. The number of carbonyl (C=O) groups is 3. The molecule has 0 aromatic heterocycles. The number of hydrogen-bond donors (Lipinski definition) is 3. The average Bonchev–Trinajstić information content (AvgIpc) is 2.99. The Bertz CT molecular complexity index is 820. The van der Waals surface area contributed by atoms with Crippen molar-refractivity contribution in [3.63, 3.8) is 0 Å². The number of fused-ring (bicyclic) bond motifs is 2. The van der Waals surface area contributed by atoms with Crippen molar-refractivity contribution in [2.75, 3.05) is 0 Å². The predicted octanol–water partition coefficient (Wildman–Crippen LogP) is 1.47. The molecule has 10 atom stereocenters. The van der Waals surface area contributed by atoms with Crippen molar-refractivity contribution in [3.05, 3.63) is 0 Å².